The number of carbonyl (C=O) groups excluding carboxylic acids is 1. The molecule has 1 amide bonds. The maximum absolute atomic E-state index is 12.1. The first kappa shape index (κ1) is 17.6. The minimum atomic E-state index is -0.434. The molecule has 27 heavy (non-hydrogen) atoms. The summed E-state index contributed by atoms with van der Waals surface area (Å²) in [5.74, 6) is -0.434. The number of amides is 1. The summed E-state index contributed by atoms with van der Waals surface area (Å²) in [4.78, 5) is 12.1. The molecule has 1 aliphatic carbocycles. The lowest BCUT2D eigenvalue weighted by molar-refractivity contribution is 0.100. The van der Waals surface area contributed by atoms with Gasteiger partial charge in [-0.05, 0) is 65.8 Å². The van der Waals surface area contributed by atoms with Gasteiger partial charge in [-0.15, -0.1) is 0 Å². The van der Waals surface area contributed by atoms with Crippen LogP contribution in [0.4, 0.5) is 5.69 Å². The lowest BCUT2D eigenvalue weighted by Crippen LogP contribution is -2.29. The van der Waals surface area contributed by atoms with Gasteiger partial charge < -0.3 is 16.2 Å². The van der Waals surface area contributed by atoms with E-state index < -0.39 is 5.91 Å². The third-order valence-electron chi connectivity index (χ3n) is 5.42. The smallest absolute Gasteiger partial charge is 0.250 e. The van der Waals surface area contributed by atoms with E-state index in [2.05, 4.69) is 35.6 Å². The Labute approximate surface area is 159 Å². The fraction of sp³-hybridized carbons (Fsp3) is 0.261. The molecule has 4 N–H and O–H groups in total. The molecule has 1 saturated carbocycles. The van der Waals surface area contributed by atoms with E-state index >= 15 is 0 Å². The van der Waals surface area contributed by atoms with Gasteiger partial charge in [-0.3, -0.25) is 4.79 Å². The maximum atomic E-state index is 12.1. The first-order chi connectivity index (χ1) is 13.1. The van der Waals surface area contributed by atoms with Crippen LogP contribution in [-0.4, -0.2) is 23.2 Å². The Morgan fingerprint density at radius 3 is 2.30 bits per heavy atom. The molecule has 0 heterocycles. The maximum Gasteiger partial charge on any atom is 0.250 e. The van der Waals surface area contributed by atoms with Crippen LogP contribution in [0, 0.1) is 0 Å². The standard InChI is InChI=1S/C23H24N2O2/c24-23(27)21-14-18(17-6-5-15-3-1-2-4-16(15)13-17)7-12-22(21)25-19-8-10-20(26)11-9-19/h1-7,12-14,19-20,25-26H,8-11H2,(H2,24,27). The quantitative estimate of drug-likeness (QED) is 0.648. The average molecular weight is 360 g/mol. The minimum absolute atomic E-state index is 0.200. The number of nitrogens with one attached hydrogen (secondary N) is 1. The molecule has 3 aromatic rings. The van der Waals surface area contributed by atoms with Gasteiger partial charge in [-0.1, -0.05) is 42.5 Å². The Kier molecular flexibility index (Phi) is 4.82. The van der Waals surface area contributed by atoms with Crippen molar-refractivity contribution in [2.24, 2.45) is 5.73 Å². The number of primary amides is 1. The second kappa shape index (κ2) is 7.41. The van der Waals surface area contributed by atoms with Crippen molar-refractivity contribution >= 4 is 22.4 Å². The van der Waals surface area contributed by atoms with Gasteiger partial charge in [-0.25, -0.2) is 0 Å². The Hall–Kier alpha value is -2.85. The summed E-state index contributed by atoms with van der Waals surface area (Å²) in [6, 6.07) is 20.6. The summed E-state index contributed by atoms with van der Waals surface area (Å²) in [5, 5.41) is 15.5. The van der Waals surface area contributed by atoms with Crippen molar-refractivity contribution in [1.29, 1.82) is 0 Å². The minimum Gasteiger partial charge on any atom is -0.393 e. The zero-order valence-corrected chi connectivity index (χ0v) is 15.2. The van der Waals surface area contributed by atoms with Crippen LogP contribution < -0.4 is 11.1 Å². The largest absolute Gasteiger partial charge is 0.393 e. The van der Waals surface area contributed by atoms with Crippen molar-refractivity contribution in [2.75, 3.05) is 5.32 Å². The number of hydrogen-bond acceptors (Lipinski definition) is 3. The summed E-state index contributed by atoms with van der Waals surface area (Å²) in [6.45, 7) is 0. The number of aliphatic hydroxyl groups is 1. The van der Waals surface area contributed by atoms with Crippen LogP contribution in [0.1, 0.15) is 36.0 Å². The lowest BCUT2D eigenvalue weighted by Gasteiger charge is -2.27. The molecule has 0 saturated heterocycles. The van der Waals surface area contributed by atoms with Gasteiger partial charge in [0.1, 0.15) is 0 Å². The first-order valence-corrected chi connectivity index (χ1v) is 9.48. The van der Waals surface area contributed by atoms with Crippen LogP contribution in [0.2, 0.25) is 0 Å². The molecule has 4 rings (SSSR count). The van der Waals surface area contributed by atoms with Crippen molar-refractivity contribution < 1.29 is 9.90 Å². The Balaban J connectivity index is 1.64. The van der Waals surface area contributed by atoms with Gasteiger partial charge in [0.2, 0.25) is 0 Å². The number of fused-ring (bicyclic) bond motifs is 1. The summed E-state index contributed by atoms with van der Waals surface area (Å²) < 4.78 is 0. The highest BCUT2D eigenvalue weighted by molar-refractivity contribution is 6.00. The van der Waals surface area contributed by atoms with Crippen molar-refractivity contribution in [3.05, 3.63) is 66.2 Å². The van der Waals surface area contributed by atoms with E-state index in [4.69, 9.17) is 5.73 Å². The van der Waals surface area contributed by atoms with Crippen LogP contribution in [0.5, 0.6) is 0 Å². The first-order valence-electron chi connectivity index (χ1n) is 9.48. The molecule has 0 bridgehead atoms. The summed E-state index contributed by atoms with van der Waals surface area (Å²) in [5.41, 5.74) is 8.97. The zero-order chi connectivity index (χ0) is 18.8. The predicted molar refractivity (Wildman–Crippen MR) is 110 cm³/mol. The molecule has 4 heteroatoms. The van der Waals surface area contributed by atoms with Crippen molar-refractivity contribution in [1.82, 2.24) is 0 Å². The molecule has 0 spiro atoms. The van der Waals surface area contributed by atoms with E-state index in [0.717, 1.165) is 42.5 Å². The summed E-state index contributed by atoms with van der Waals surface area (Å²) in [7, 11) is 0. The molecule has 3 aromatic carbocycles. The number of aliphatic hydroxyl groups excluding tert-OH is 1. The molecule has 0 atom stereocenters. The highest BCUT2D eigenvalue weighted by atomic mass is 16.3. The normalized spacial score (nSPS) is 19.7. The predicted octanol–water partition coefficient (Wildman–Crippen LogP) is 4.32. The number of nitrogens with two attached hydrogens (primary N) is 1. The van der Waals surface area contributed by atoms with Crippen LogP contribution in [0.15, 0.2) is 60.7 Å². The highest BCUT2D eigenvalue weighted by Crippen LogP contribution is 2.30. The number of carbonyl (C=O) groups is 1. The monoisotopic (exact) mass is 360 g/mol. The van der Waals surface area contributed by atoms with Crippen molar-refractivity contribution in [2.45, 2.75) is 37.8 Å². The van der Waals surface area contributed by atoms with Gasteiger partial charge in [0, 0.05) is 11.7 Å². The molecule has 1 aliphatic rings. The van der Waals surface area contributed by atoms with Gasteiger partial charge in [-0.2, -0.15) is 0 Å². The van der Waals surface area contributed by atoms with Gasteiger partial charge in [0.05, 0.1) is 11.7 Å². The summed E-state index contributed by atoms with van der Waals surface area (Å²) >= 11 is 0. The van der Waals surface area contributed by atoms with Crippen molar-refractivity contribution in [3.8, 4) is 11.1 Å². The van der Waals surface area contributed by atoms with Crippen molar-refractivity contribution in [3.63, 3.8) is 0 Å². The van der Waals surface area contributed by atoms with E-state index in [1.807, 2.05) is 30.3 Å². The Morgan fingerprint density at radius 2 is 1.56 bits per heavy atom. The lowest BCUT2D eigenvalue weighted by atomic mass is 9.92. The molecule has 0 radical (unpaired) electrons. The molecule has 138 valence electrons. The Morgan fingerprint density at radius 1 is 0.889 bits per heavy atom. The molecule has 0 unspecified atom stereocenters. The molecule has 0 aromatic heterocycles. The van der Waals surface area contributed by atoms with Gasteiger partial charge in [0.15, 0.2) is 0 Å². The van der Waals surface area contributed by atoms with Gasteiger partial charge >= 0.3 is 0 Å². The molecular formula is C23H24N2O2. The molecule has 0 aliphatic heterocycles. The molecule has 4 nitrogen and oxygen atoms in total. The van der Waals surface area contributed by atoms with Gasteiger partial charge in [0.25, 0.3) is 5.91 Å². The van der Waals surface area contributed by atoms with Crippen LogP contribution in [-0.2, 0) is 0 Å². The molecular weight excluding hydrogens is 336 g/mol. The highest BCUT2D eigenvalue weighted by Gasteiger charge is 2.21. The SMILES string of the molecule is NC(=O)c1cc(-c2ccc3ccccc3c2)ccc1NC1CCC(O)CC1. The number of hydrogen-bond donors (Lipinski definition) is 3. The van der Waals surface area contributed by atoms with E-state index in [-0.39, 0.29) is 12.1 Å². The van der Waals surface area contributed by atoms with Crippen LogP contribution in [0.3, 0.4) is 0 Å². The van der Waals surface area contributed by atoms with E-state index in [1.165, 1.54) is 10.8 Å². The third kappa shape index (κ3) is 3.81. The fourth-order valence-electron chi connectivity index (χ4n) is 3.86. The second-order valence-corrected chi connectivity index (χ2v) is 7.34. The summed E-state index contributed by atoms with van der Waals surface area (Å²) in [6.07, 6.45) is 3.17. The molecule has 1 fully saturated rings. The average Bonchev–Trinajstić information content (AvgIpc) is 2.69. The third-order valence-corrected chi connectivity index (χ3v) is 5.42. The van der Waals surface area contributed by atoms with E-state index in [0.29, 0.717) is 5.56 Å². The Bertz CT molecular complexity index is 975. The number of benzene rings is 3. The van der Waals surface area contributed by atoms with Crippen LogP contribution in [0.25, 0.3) is 21.9 Å². The van der Waals surface area contributed by atoms with E-state index in [1.54, 1.807) is 0 Å². The van der Waals surface area contributed by atoms with E-state index in [9.17, 15) is 9.90 Å². The number of rotatable bonds is 4. The fourth-order valence-corrected chi connectivity index (χ4v) is 3.86. The van der Waals surface area contributed by atoms with Crippen LogP contribution >= 0.6 is 0 Å². The zero-order valence-electron chi connectivity index (χ0n) is 15.2. The number of anilines is 1. The second-order valence-electron chi connectivity index (χ2n) is 7.34. The topological polar surface area (TPSA) is 75.4 Å².